The second-order valence-electron chi connectivity index (χ2n) is 14.3. The van der Waals surface area contributed by atoms with E-state index in [0.29, 0.717) is 12.8 Å². The van der Waals surface area contributed by atoms with E-state index in [0.717, 1.165) is 43.4 Å². The van der Waals surface area contributed by atoms with Gasteiger partial charge in [0.2, 0.25) is 11.8 Å². The van der Waals surface area contributed by atoms with E-state index in [1.807, 2.05) is 0 Å². The molecule has 50 heavy (non-hydrogen) atoms. The minimum absolute atomic E-state index is 0. The van der Waals surface area contributed by atoms with Crippen molar-refractivity contribution in [3.8, 4) is 0 Å². The van der Waals surface area contributed by atoms with Crippen LogP contribution in [0.5, 0.6) is 0 Å². The van der Waals surface area contributed by atoms with E-state index in [1.54, 1.807) is 0 Å². The van der Waals surface area contributed by atoms with E-state index >= 15 is 0 Å². The van der Waals surface area contributed by atoms with Gasteiger partial charge >= 0.3 is 59.1 Å². The number of nitrogens with zero attached hydrogens (tertiary/aromatic N) is 1. The summed E-state index contributed by atoms with van der Waals surface area (Å²) < 4.78 is 0. The number of aliphatic carboxylic acids is 2. The molecule has 0 N–H and O–H groups in total. The fourth-order valence-corrected chi connectivity index (χ4v) is 6.63. The smallest absolute Gasteiger partial charge is 0.550 e. The number of carboxylic acid groups (broad SMARTS) is 2. The third kappa shape index (κ3) is 35.1. The second-order valence-corrected chi connectivity index (χ2v) is 14.3. The van der Waals surface area contributed by atoms with E-state index < -0.39 is 36.2 Å². The molecule has 0 heterocycles. The van der Waals surface area contributed by atoms with Gasteiger partial charge in [0, 0.05) is 18.8 Å². The summed E-state index contributed by atoms with van der Waals surface area (Å²) in [6, 6.07) is -1.57. The molecule has 7 nitrogen and oxygen atoms in total. The molecule has 0 aromatic rings. The standard InChI is InChI=1S/C41H77NO6.2Na/c1-3-5-7-9-11-13-15-17-19-21-23-25-27-29-31-33-38(43)42(37(41(47)48)35-36-40(45)46)39(44)34-32-30-28-26-24-22-20-18-16-14-12-10-8-6-4-2;;/h37H,3-36H2,1-2H3,(H,45,46)(H,47,48);;/q;2*+1/p-2/t37-;;/m0../s1. The Morgan fingerprint density at radius 2 is 0.640 bits per heavy atom. The molecule has 0 saturated heterocycles. The van der Waals surface area contributed by atoms with Gasteiger partial charge in [-0.25, -0.2) is 0 Å². The summed E-state index contributed by atoms with van der Waals surface area (Å²) in [7, 11) is 0. The van der Waals surface area contributed by atoms with Crippen LogP contribution >= 0.6 is 0 Å². The minimum Gasteiger partial charge on any atom is -0.550 e. The molecule has 2 amide bonds. The van der Waals surface area contributed by atoms with Crippen molar-refractivity contribution in [1.29, 1.82) is 0 Å². The Hall–Kier alpha value is 0.0800. The average Bonchev–Trinajstić information content (AvgIpc) is 3.06. The van der Waals surface area contributed by atoms with Crippen molar-refractivity contribution < 1.29 is 88.5 Å². The topological polar surface area (TPSA) is 118 Å². The number of amides is 2. The molecule has 0 unspecified atom stereocenters. The van der Waals surface area contributed by atoms with E-state index in [2.05, 4.69) is 13.8 Å². The maximum atomic E-state index is 13.1. The van der Waals surface area contributed by atoms with E-state index in [9.17, 15) is 29.4 Å². The second kappa shape index (κ2) is 41.8. The molecule has 0 bridgehead atoms. The number of hydrogen-bond acceptors (Lipinski definition) is 6. The molecule has 0 aromatic heterocycles. The van der Waals surface area contributed by atoms with Crippen molar-refractivity contribution in [2.24, 2.45) is 0 Å². The molecule has 0 aliphatic heterocycles. The molecule has 0 rings (SSSR count). The van der Waals surface area contributed by atoms with Crippen LogP contribution < -0.4 is 69.3 Å². The zero-order valence-electron chi connectivity index (χ0n) is 33.5. The van der Waals surface area contributed by atoms with Crippen LogP contribution in [0.15, 0.2) is 0 Å². The molecule has 0 radical (unpaired) electrons. The van der Waals surface area contributed by atoms with Crippen LogP contribution in [0.3, 0.4) is 0 Å². The molecule has 0 aromatic carbocycles. The Morgan fingerprint density at radius 3 is 0.860 bits per heavy atom. The van der Waals surface area contributed by atoms with Crippen LogP contribution in [0.25, 0.3) is 0 Å². The fraction of sp³-hybridized carbons (Fsp3) is 0.902. The molecule has 0 saturated carbocycles. The van der Waals surface area contributed by atoms with Gasteiger partial charge < -0.3 is 19.8 Å². The SMILES string of the molecule is CCCCCCCCCCCCCCCCCC(=O)N(C(=O)CCCCCCCCCCCCCCCCC)[C@@H](CCC(=O)[O-])C(=O)[O-].[Na+].[Na+]. The van der Waals surface area contributed by atoms with Crippen LogP contribution in [-0.2, 0) is 19.2 Å². The molecule has 9 heteroatoms. The first-order valence-electron chi connectivity index (χ1n) is 20.6. The Morgan fingerprint density at radius 1 is 0.400 bits per heavy atom. The zero-order chi connectivity index (χ0) is 35.5. The first-order chi connectivity index (χ1) is 23.3. The number of carbonyl (C=O) groups is 4. The predicted octanol–water partition coefficient (Wildman–Crippen LogP) is 3.52. The Balaban J connectivity index is -0.0000110. The Kier molecular flexibility index (Phi) is 45.5. The van der Waals surface area contributed by atoms with Crippen molar-refractivity contribution in [3.63, 3.8) is 0 Å². The summed E-state index contributed by atoms with van der Waals surface area (Å²) >= 11 is 0. The molecule has 0 aliphatic carbocycles. The first-order valence-corrected chi connectivity index (χ1v) is 20.6. The van der Waals surface area contributed by atoms with E-state index in [-0.39, 0.29) is 78.4 Å². The van der Waals surface area contributed by atoms with Crippen LogP contribution in [0.1, 0.15) is 232 Å². The molecular formula is C41H75NNa2O6. The zero-order valence-corrected chi connectivity index (χ0v) is 37.5. The third-order valence-electron chi connectivity index (χ3n) is 9.73. The van der Waals surface area contributed by atoms with Crippen molar-refractivity contribution >= 4 is 23.8 Å². The maximum Gasteiger partial charge on any atom is 1.00 e. The van der Waals surface area contributed by atoms with Gasteiger partial charge in [-0.3, -0.25) is 14.5 Å². The van der Waals surface area contributed by atoms with Gasteiger partial charge in [0.1, 0.15) is 0 Å². The van der Waals surface area contributed by atoms with Crippen molar-refractivity contribution in [2.75, 3.05) is 0 Å². The van der Waals surface area contributed by atoms with E-state index in [1.165, 1.54) is 141 Å². The summed E-state index contributed by atoms with van der Waals surface area (Å²) in [4.78, 5) is 50.0. The molecule has 0 spiro atoms. The normalized spacial score (nSPS) is 11.4. The summed E-state index contributed by atoms with van der Waals surface area (Å²) in [5, 5.41) is 23.0. The average molecular weight is 724 g/mol. The summed E-state index contributed by atoms with van der Waals surface area (Å²) in [6.07, 6.45) is 35.2. The van der Waals surface area contributed by atoms with Gasteiger partial charge in [0.15, 0.2) is 0 Å². The number of rotatable bonds is 37. The van der Waals surface area contributed by atoms with Crippen molar-refractivity contribution in [3.05, 3.63) is 0 Å². The van der Waals surface area contributed by atoms with Gasteiger partial charge in [0.25, 0.3) is 0 Å². The summed E-state index contributed by atoms with van der Waals surface area (Å²) in [5.41, 5.74) is 0. The molecule has 282 valence electrons. The van der Waals surface area contributed by atoms with Crippen LogP contribution in [0, 0.1) is 0 Å². The fourth-order valence-electron chi connectivity index (χ4n) is 6.63. The predicted molar refractivity (Wildman–Crippen MR) is 194 cm³/mol. The summed E-state index contributed by atoms with van der Waals surface area (Å²) in [5.74, 6) is -4.08. The molecule has 1 atom stereocenters. The molecule has 0 fully saturated rings. The monoisotopic (exact) mass is 724 g/mol. The van der Waals surface area contributed by atoms with Gasteiger partial charge in [-0.1, -0.05) is 194 Å². The Bertz CT molecular complexity index is 751. The van der Waals surface area contributed by atoms with Crippen molar-refractivity contribution in [2.45, 2.75) is 238 Å². The Labute approximate surface area is 352 Å². The number of hydrogen-bond donors (Lipinski definition) is 0. The van der Waals surface area contributed by atoms with Gasteiger partial charge in [-0.2, -0.15) is 0 Å². The number of carboxylic acids is 2. The van der Waals surface area contributed by atoms with Crippen LogP contribution in [0.4, 0.5) is 0 Å². The number of unbranched alkanes of at least 4 members (excludes halogenated alkanes) is 28. The largest absolute Gasteiger partial charge is 1.00 e. The maximum absolute atomic E-state index is 13.1. The number of imide groups is 1. The molecule has 0 aliphatic rings. The quantitative estimate of drug-likeness (QED) is 0.0716. The van der Waals surface area contributed by atoms with Crippen LogP contribution in [0.2, 0.25) is 0 Å². The van der Waals surface area contributed by atoms with Crippen molar-refractivity contribution in [1.82, 2.24) is 4.90 Å². The van der Waals surface area contributed by atoms with E-state index in [4.69, 9.17) is 0 Å². The first kappa shape index (κ1) is 54.4. The van der Waals surface area contributed by atoms with Gasteiger partial charge in [-0.05, 0) is 25.7 Å². The third-order valence-corrected chi connectivity index (χ3v) is 9.73. The minimum atomic E-state index is -1.59. The molecular weight excluding hydrogens is 648 g/mol. The van der Waals surface area contributed by atoms with Gasteiger partial charge in [0.05, 0.1) is 12.0 Å². The number of carbonyl (C=O) groups excluding carboxylic acids is 4. The van der Waals surface area contributed by atoms with Crippen LogP contribution in [-0.4, -0.2) is 34.7 Å². The summed E-state index contributed by atoms with van der Waals surface area (Å²) in [6.45, 7) is 4.50. The van der Waals surface area contributed by atoms with Gasteiger partial charge in [-0.15, -0.1) is 0 Å².